The fourth-order valence-electron chi connectivity index (χ4n) is 2.94. The zero-order valence-corrected chi connectivity index (χ0v) is 14.8. The molecule has 0 aliphatic carbocycles. The highest BCUT2D eigenvalue weighted by molar-refractivity contribution is 6.09. The van der Waals surface area contributed by atoms with Crippen LogP contribution in [0.1, 0.15) is 41.3 Å². The fraction of sp³-hybridized carbons (Fsp3) is 0.238. The van der Waals surface area contributed by atoms with E-state index >= 15 is 0 Å². The van der Waals surface area contributed by atoms with E-state index in [2.05, 4.69) is 10.3 Å². The predicted molar refractivity (Wildman–Crippen MR) is 99.8 cm³/mol. The van der Waals surface area contributed by atoms with Crippen LogP contribution in [-0.4, -0.2) is 10.9 Å². The van der Waals surface area contributed by atoms with Gasteiger partial charge in [-0.15, -0.1) is 0 Å². The molecule has 0 fully saturated rings. The summed E-state index contributed by atoms with van der Waals surface area (Å²) in [5.41, 5.74) is 0.887. The molecule has 3 aromatic rings. The standard InChI is InChI=1S/C21H19F3N2O/c1-2-3-6-14-10-11-16(21(22,23)24)13-17(14)20(27)26-18-9-4-7-15-8-5-12-25-19(15)18/h4-5,7-13H,2-3,6H2,1H3,(H,26,27). The molecule has 0 aliphatic rings. The second kappa shape index (κ2) is 7.78. The number of aryl methyl sites for hydroxylation is 1. The average Bonchev–Trinajstić information content (AvgIpc) is 2.65. The van der Waals surface area contributed by atoms with E-state index in [4.69, 9.17) is 0 Å². The van der Waals surface area contributed by atoms with Crippen molar-refractivity contribution in [2.75, 3.05) is 5.32 Å². The number of pyridine rings is 1. The third-order valence-corrected chi connectivity index (χ3v) is 4.36. The number of fused-ring (bicyclic) bond motifs is 1. The van der Waals surface area contributed by atoms with Crippen molar-refractivity contribution in [3.8, 4) is 0 Å². The fourth-order valence-corrected chi connectivity index (χ4v) is 2.94. The number of halogens is 3. The van der Waals surface area contributed by atoms with Crippen molar-refractivity contribution < 1.29 is 18.0 Å². The first-order valence-corrected chi connectivity index (χ1v) is 8.75. The Morgan fingerprint density at radius 2 is 1.89 bits per heavy atom. The topological polar surface area (TPSA) is 42.0 Å². The van der Waals surface area contributed by atoms with Crippen LogP contribution in [0.15, 0.2) is 54.7 Å². The molecule has 0 radical (unpaired) electrons. The molecule has 0 aliphatic heterocycles. The number of para-hydroxylation sites is 1. The second-order valence-electron chi connectivity index (χ2n) is 6.31. The number of hydrogen-bond acceptors (Lipinski definition) is 2. The van der Waals surface area contributed by atoms with Crippen LogP contribution in [0.5, 0.6) is 0 Å². The van der Waals surface area contributed by atoms with Gasteiger partial charge in [0.05, 0.1) is 16.8 Å². The van der Waals surface area contributed by atoms with Crippen molar-refractivity contribution in [1.29, 1.82) is 0 Å². The third-order valence-electron chi connectivity index (χ3n) is 4.36. The molecule has 1 aromatic heterocycles. The van der Waals surface area contributed by atoms with Gasteiger partial charge in [-0.05, 0) is 42.7 Å². The Kier molecular flexibility index (Phi) is 5.44. The van der Waals surface area contributed by atoms with Gasteiger partial charge in [0.25, 0.3) is 5.91 Å². The Labute approximate surface area is 155 Å². The highest BCUT2D eigenvalue weighted by atomic mass is 19.4. The number of hydrogen-bond donors (Lipinski definition) is 1. The molecule has 0 unspecified atom stereocenters. The number of amides is 1. The Morgan fingerprint density at radius 3 is 2.63 bits per heavy atom. The molecular formula is C21H19F3N2O. The third kappa shape index (κ3) is 4.27. The monoisotopic (exact) mass is 372 g/mol. The van der Waals surface area contributed by atoms with Gasteiger partial charge in [-0.3, -0.25) is 9.78 Å². The minimum absolute atomic E-state index is 0.0474. The summed E-state index contributed by atoms with van der Waals surface area (Å²) in [5, 5.41) is 3.57. The summed E-state index contributed by atoms with van der Waals surface area (Å²) >= 11 is 0. The molecule has 0 atom stereocenters. The number of unbranched alkanes of at least 4 members (excludes halogenated alkanes) is 1. The lowest BCUT2D eigenvalue weighted by Gasteiger charge is -2.14. The summed E-state index contributed by atoms with van der Waals surface area (Å²) in [7, 11) is 0. The lowest BCUT2D eigenvalue weighted by molar-refractivity contribution is -0.137. The van der Waals surface area contributed by atoms with Gasteiger partial charge in [0.15, 0.2) is 0 Å². The predicted octanol–water partition coefficient (Wildman–Crippen LogP) is 5.85. The van der Waals surface area contributed by atoms with Crippen molar-refractivity contribution >= 4 is 22.5 Å². The van der Waals surface area contributed by atoms with Gasteiger partial charge < -0.3 is 5.32 Å². The van der Waals surface area contributed by atoms with Gasteiger partial charge in [-0.25, -0.2) is 0 Å². The molecule has 3 nitrogen and oxygen atoms in total. The van der Waals surface area contributed by atoms with Crippen molar-refractivity contribution in [3.63, 3.8) is 0 Å². The molecule has 0 saturated heterocycles. The summed E-state index contributed by atoms with van der Waals surface area (Å²) < 4.78 is 39.3. The molecule has 140 valence electrons. The molecular weight excluding hydrogens is 353 g/mol. The number of anilines is 1. The SMILES string of the molecule is CCCCc1ccc(C(F)(F)F)cc1C(=O)Nc1cccc2cccnc12. The number of aromatic nitrogens is 1. The molecule has 2 aromatic carbocycles. The van der Waals surface area contributed by atoms with Gasteiger partial charge in [-0.1, -0.05) is 37.6 Å². The Balaban J connectivity index is 1.99. The van der Waals surface area contributed by atoms with Gasteiger partial charge in [-0.2, -0.15) is 13.2 Å². The van der Waals surface area contributed by atoms with Crippen LogP contribution in [0.3, 0.4) is 0 Å². The molecule has 0 spiro atoms. The lowest BCUT2D eigenvalue weighted by Crippen LogP contribution is -2.17. The van der Waals surface area contributed by atoms with Crippen molar-refractivity contribution in [2.45, 2.75) is 32.4 Å². The van der Waals surface area contributed by atoms with Crippen LogP contribution >= 0.6 is 0 Å². The number of nitrogens with one attached hydrogen (secondary N) is 1. The van der Waals surface area contributed by atoms with E-state index in [0.717, 1.165) is 30.4 Å². The Bertz CT molecular complexity index is 962. The van der Waals surface area contributed by atoms with E-state index in [0.29, 0.717) is 23.2 Å². The number of carbonyl (C=O) groups excluding carboxylic acids is 1. The van der Waals surface area contributed by atoms with E-state index in [9.17, 15) is 18.0 Å². The van der Waals surface area contributed by atoms with Crippen LogP contribution in [0.2, 0.25) is 0 Å². The quantitative estimate of drug-likeness (QED) is 0.610. The lowest BCUT2D eigenvalue weighted by atomic mass is 9.98. The summed E-state index contributed by atoms with van der Waals surface area (Å²) in [6.07, 6.45) is -0.670. The zero-order chi connectivity index (χ0) is 19.4. The molecule has 27 heavy (non-hydrogen) atoms. The second-order valence-corrected chi connectivity index (χ2v) is 6.31. The first-order chi connectivity index (χ1) is 12.9. The van der Waals surface area contributed by atoms with Crippen LogP contribution < -0.4 is 5.32 Å². The normalized spacial score (nSPS) is 11.6. The summed E-state index contributed by atoms with van der Waals surface area (Å²) in [6.45, 7) is 1.99. The van der Waals surface area contributed by atoms with Crippen LogP contribution in [0.4, 0.5) is 18.9 Å². The molecule has 0 saturated carbocycles. The summed E-state index contributed by atoms with van der Waals surface area (Å²) in [5.74, 6) is -0.564. The average molecular weight is 372 g/mol. The van der Waals surface area contributed by atoms with E-state index in [1.165, 1.54) is 6.07 Å². The summed E-state index contributed by atoms with van der Waals surface area (Å²) in [4.78, 5) is 17.1. The molecule has 3 rings (SSSR count). The minimum atomic E-state index is -4.50. The molecule has 6 heteroatoms. The van der Waals surface area contributed by atoms with Crippen molar-refractivity contribution in [1.82, 2.24) is 4.98 Å². The van der Waals surface area contributed by atoms with Crippen LogP contribution in [0, 0.1) is 0 Å². The van der Waals surface area contributed by atoms with E-state index in [1.54, 1.807) is 24.4 Å². The molecule has 1 N–H and O–H groups in total. The van der Waals surface area contributed by atoms with Gasteiger partial charge >= 0.3 is 6.18 Å². The van der Waals surface area contributed by atoms with Crippen molar-refractivity contribution in [2.24, 2.45) is 0 Å². The Hall–Kier alpha value is -2.89. The van der Waals surface area contributed by atoms with E-state index in [-0.39, 0.29) is 5.56 Å². The number of rotatable bonds is 5. The first kappa shape index (κ1) is 18.9. The number of carbonyl (C=O) groups is 1. The smallest absolute Gasteiger partial charge is 0.320 e. The van der Waals surface area contributed by atoms with Gasteiger partial charge in [0, 0.05) is 17.1 Å². The van der Waals surface area contributed by atoms with E-state index < -0.39 is 17.6 Å². The largest absolute Gasteiger partial charge is 0.416 e. The maximum atomic E-state index is 13.1. The minimum Gasteiger partial charge on any atom is -0.320 e. The maximum absolute atomic E-state index is 13.1. The maximum Gasteiger partial charge on any atom is 0.416 e. The van der Waals surface area contributed by atoms with Crippen molar-refractivity contribution in [3.05, 3.63) is 71.4 Å². The zero-order valence-electron chi connectivity index (χ0n) is 14.8. The summed E-state index contributed by atoms with van der Waals surface area (Å²) in [6, 6.07) is 12.3. The van der Waals surface area contributed by atoms with Crippen LogP contribution in [-0.2, 0) is 12.6 Å². The van der Waals surface area contributed by atoms with Crippen LogP contribution in [0.25, 0.3) is 10.9 Å². The van der Waals surface area contributed by atoms with E-state index in [1.807, 2.05) is 19.1 Å². The highest BCUT2D eigenvalue weighted by Crippen LogP contribution is 2.31. The molecule has 0 bridgehead atoms. The van der Waals surface area contributed by atoms with Gasteiger partial charge in [0.1, 0.15) is 0 Å². The Morgan fingerprint density at radius 1 is 1.11 bits per heavy atom. The molecule has 1 heterocycles. The molecule has 1 amide bonds. The number of alkyl halides is 3. The number of nitrogens with zero attached hydrogens (tertiary/aromatic N) is 1. The number of benzene rings is 2. The highest BCUT2D eigenvalue weighted by Gasteiger charge is 2.31. The van der Waals surface area contributed by atoms with Gasteiger partial charge in [0.2, 0.25) is 0 Å². The first-order valence-electron chi connectivity index (χ1n) is 8.75.